The summed E-state index contributed by atoms with van der Waals surface area (Å²) < 4.78 is 5.24. The molecule has 1 aliphatic heterocycles. The molecule has 0 atom stereocenters. The molecule has 1 aromatic carbocycles. The van der Waals surface area contributed by atoms with Gasteiger partial charge in [-0.3, -0.25) is 9.69 Å². The maximum atomic E-state index is 12.2. The predicted octanol–water partition coefficient (Wildman–Crippen LogP) is 2.79. The second-order valence-corrected chi connectivity index (χ2v) is 5.42. The number of pyridine rings is 1. The molecule has 4 nitrogen and oxygen atoms in total. The number of hydrogen-bond donors (Lipinski definition) is 0. The lowest BCUT2D eigenvalue weighted by molar-refractivity contribution is -0.121. The van der Waals surface area contributed by atoms with Crippen LogP contribution < -0.4 is 9.64 Å². The number of nitrogens with zero attached hydrogens (tertiary/aromatic N) is 2. The Hall–Kier alpha value is -2.10. The highest BCUT2D eigenvalue weighted by atomic mass is 16.5. The summed E-state index contributed by atoms with van der Waals surface area (Å²) in [5.74, 6) is 1.78. The molecule has 0 saturated heterocycles. The molecule has 3 rings (SSSR count). The Balaban J connectivity index is 2.08. The number of anilines is 1. The quantitative estimate of drug-likeness (QED) is 0.842. The Morgan fingerprint density at radius 3 is 2.85 bits per heavy atom. The van der Waals surface area contributed by atoms with E-state index >= 15 is 0 Å². The molecule has 20 heavy (non-hydrogen) atoms. The zero-order chi connectivity index (χ0) is 14.3. The minimum atomic E-state index is -0.00526. The Morgan fingerprint density at radius 2 is 2.15 bits per heavy atom. The molecule has 4 heteroatoms. The molecule has 0 aliphatic carbocycles. The van der Waals surface area contributed by atoms with E-state index in [1.807, 2.05) is 36.9 Å². The first-order chi connectivity index (χ1) is 9.60. The molecule has 1 amide bonds. The van der Waals surface area contributed by atoms with Crippen LogP contribution in [0, 0.1) is 5.92 Å². The number of methoxy groups -OCH3 is 1. The molecule has 1 aromatic heterocycles. The first-order valence-corrected chi connectivity index (χ1v) is 6.89. The number of carbonyl (C=O) groups is 1. The number of amides is 1. The van der Waals surface area contributed by atoms with Crippen LogP contribution in [-0.2, 0) is 11.2 Å². The van der Waals surface area contributed by atoms with Crippen molar-refractivity contribution in [1.82, 2.24) is 4.98 Å². The Labute approximate surface area is 118 Å². The third-order valence-corrected chi connectivity index (χ3v) is 3.70. The summed E-state index contributed by atoms with van der Waals surface area (Å²) in [4.78, 5) is 18.7. The maximum Gasteiger partial charge on any atom is 0.230 e. The first-order valence-electron chi connectivity index (χ1n) is 6.89. The lowest BCUT2D eigenvalue weighted by Crippen LogP contribution is -2.33. The van der Waals surface area contributed by atoms with Crippen LogP contribution in [0.4, 0.5) is 5.82 Å². The van der Waals surface area contributed by atoms with Gasteiger partial charge in [-0.2, -0.15) is 0 Å². The molecule has 1 aliphatic rings. The molecule has 2 aromatic rings. The van der Waals surface area contributed by atoms with E-state index in [9.17, 15) is 4.79 Å². The third kappa shape index (κ3) is 2.01. The fraction of sp³-hybridized carbons (Fsp3) is 0.375. The molecule has 0 unspecified atom stereocenters. The lowest BCUT2D eigenvalue weighted by Gasteiger charge is -2.18. The Kier molecular flexibility index (Phi) is 3.08. The van der Waals surface area contributed by atoms with Gasteiger partial charge in [-0.25, -0.2) is 4.98 Å². The van der Waals surface area contributed by atoms with Gasteiger partial charge >= 0.3 is 0 Å². The number of carbonyl (C=O) groups excluding carboxylic acids is 1. The Bertz CT molecular complexity index is 679. The molecule has 0 N–H and O–H groups in total. The molecular weight excluding hydrogens is 252 g/mol. The van der Waals surface area contributed by atoms with Gasteiger partial charge in [0.05, 0.1) is 12.6 Å². The number of benzene rings is 1. The van der Waals surface area contributed by atoms with Crippen molar-refractivity contribution in [3.8, 4) is 5.75 Å². The number of hydrogen-bond acceptors (Lipinski definition) is 3. The van der Waals surface area contributed by atoms with E-state index in [2.05, 4.69) is 11.1 Å². The van der Waals surface area contributed by atoms with E-state index in [4.69, 9.17) is 4.74 Å². The molecule has 0 fully saturated rings. The summed E-state index contributed by atoms with van der Waals surface area (Å²) in [6.07, 6.45) is 0.869. The standard InChI is InChI=1S/C16H18N2O2/c1-10(2)16(19)18-7-6-11-8-12-9-13(20-3)4-5-14(12)17-15(11)18/h4-5,8-10H,6-7H2,1-3H3. The zero-order valence-electron chi connectivity index (χ0n) is 12.0. The van der Waals surface area contributed by atoms with E-state index in [1.54, 1.807) is 7.11 Å². The Morgan fingerprint density at radius 1 is 1.35 bits per heavy atom. The van der Waals surface area contributed by atoms with Crippen LogP contribution in [0.3, 0.4) is 0 Å². The van der Waals surface area contributed by atoms with Crippen molar-refractivity contribution in [3.63, 3.8) is 0 Å². The molecular formula is C16H18N2O2. The minimum absolute atomic E-state index is 0.00526. The van der Waals surface area contributed by atoms with Crippen molar-refractivity contribution >= 4 is 22.6 Å². The van der Waals surface area contributed by atoms with Crippen molar-refractivity contribution in [1.29, 1.82) is 0 Å². The van der Waals surface area contributed by atoms with Gasteiger partial charge in [0.2, 0.25) is 5.91 Å². The van der Waals surface area contributed by atoms with Crippen LogP contribution >= 0.6 is 0 Å². The van der Waals surface area contributed by atoms with Crippen molar-refractivity contribution in [2.24, 2.45) is 5.92 Å². The topological polar surface area (TPSA) is 42.4 Å². The summed E-state index contributed by atoms with van der Waals surface area (Å²) >= 11 is 0. The van der Waals surface area contributed by atoms with E-state index in [0.29, 0.717) is 0 Å². The fourth-order valence-corrected chi connectivity index (χ4v) is 2.60. The summed E-state index contributed by atoms with van der Waals surface area (Å²) in [5, 5.41) is 1.06. The van der Waals surface area contributed by atoms with Crippen LogP contribution in [0.15, 0.2) is 24.3 Å². The monoisotopic (exact) mass is 270 g/mol. The molecule has 0 spiro atoms. The normalized spacial score (nSPS) is 13.9. The van der Waals surface area contributed by atoms with Gasteiger partial charge in [0, 0.05) is 17.8 Å². The summed E-state index contributed by atoms with van der Waals surface area (Å²) in [7, 11) is 1.66. The second-order valence-electron chi connectivity index (χ2n) is 5.42. The zero-order valence-corrected chi connectivity index (χ0v) is 12.0. The van der Waals surface area contributed by atoms with Gasteiger partial charge in [0.25, 0.3) is 0 Å². The predicted molar refractivity (Wildman–Crippen MR) is 79.2 cm³/mol. The average Bonchev–Trinajstić information content (AvgIpc) is 2.85. The lowest BCUT2D eigenvalue weighted by atomic mass is 10.1. The van der Waals surface area contributed by atoms with Crippen molar-refractivity contribution < 1.29 is 9.53 Å². The largest absolute Gasteiger partial charge is 0.497 e. The molecule has 0 radical (unpaired) electrons. The van der Waals surface area contributed by atoms with Gasteiger partial charge in [-0.15, -0.1) is 0 Å². The van der Waals surface area contributed by atoms with Crippen molar-refractivity contribution in [3.05, 3.63) is 29.8 Å². The fourth-order valence-electron chi connectivity index (χ4n) is 2.60. The van der Waals surface area contributed by atoms with Crippen molar-refractivity contribution in [2.75, 3.05) is 18.6 Å². The van der Waals surface area contributed by atoms with Gasteiger partial charge in [0.15, 0.2) is 0 Å². The van der Waals surface area contributed by atoms with Crippen LogP contribution in [0.25, 0.3) is 10.9 Å². The van der Waals surface area contributed by atoms with Gasteiger partial charge in [-0.05, 0) is 36.2 Å². The highest BCUT2D eigenvalue weighted by molar-refractivity contribution is 5.97. The van der Waals surface area contributed by atoms with Gasteiger partial charge < -0.3 is 4.74 Å². The number of fused-ring (bicyclic) bond motifs is 2. The van der Waals surface area contributed by atoms with E-state index in [0.717, 1.165) is 41.0 Å². The van der Waals surface area contributed by atoms with E-state index < -0.39 is 0 Å². The summed E-state index contributed by atoms with van der Waals surface area (Å²) in [6.45, 7) is 4.57. The van der Waals surface area contributed by atoms with Crippen LogP contribution in [-0.4, -0.2) is 24.5 Å². The maximum absolute atomic E-state index is 12.2. The van der Waals surface area contributed by atoms with Crippen LogP contribution in [0.1, 0.15) is 19.4 Å². The molecule has 104 valence electrons. The van der Waals surface area contributed by atoms with E-state index in [-0.39, 0.29) is 11.8 Å². The summed E-state index contributed by atoms with van der Waals surface area (Å²) in [6, 6.07) is 7.93. The van der Waals surface area contributed by atoms with E-state index in [1.165, 1.54) is 0 Å². The highest BCUT2D eigenvalue weighted by Gasteiger charge is 2.28. The molecule has 0 saturated carbocycles. The van der Waals surface area contributed by atoms with Gasteiger partial charge in [-0.1, -0.05) is 13.8 Å². The SMILES string of the molecule is COc1ccc2nc3c(cc2c1)CCN3C(=O)C(C)C. The molecule has 0 bridgehead atoms. The van der Waals surface area contributed by atoms with Crippen molar-refractivity contribution in [2.45, 2.75) is 20.3 Å². The van der Waals surface area contributed by atoms with Gasteiger partial charge in [0.1, 0.15) is 11.6 Å². The molecule has 2 heterocycles. The first kappa shape index (κ1) is 12.9. The van der Waals surface area contributed by atoms with Crippen LogP contribution in [0.2, 0.25) is 0 Å². The average molecular weight is 270 g/mol. The number of rotatable bonds is 2. The smallest absolute Gasteiger partial charge is 0.230 e. The number of ether oxygens (including phenoxy) is 1. The second kappa shape index (κ2) is 4.78. The summed E-state index contributed by atoms with van der Waals surface area (Å²) in [5.41, 5.74) is 2.03. The number of aromatic nitrogens is 1. The third-order valence-electron chi connectivity index (χ3n) is 3.70. The van der Waals surface area contributed by atoms with Crippen LogP contribution in [0.5, 0.6) is 5.75 Å². The highest BCUT2D eigenvalue weighted by Crippen LogP contribution is 2.31. The minimum Gasteiger partial charge on any atom is -0.497 e.